The fraction of sp³-hybridized carbons (Fsp3) is 0. The van der Waals surface area contributed by atoms with Crippen LogP contribution in [0.2, 0.25) is 5.02 Å². The summed E-state index contributed by atoms with van der Waals surface area (Å²) >= 11 is 5.81. The lowest BCUT2D eigenvalue weighted by atomic mass is 10.2. The lowest BCUT2D eigenvalue weighted by Crippen LogP contribution is -2.14. The Morgan fingerprint density at radius 3 is 2.62 bits per heavy atom. The van der Waals surface area contributed by atoms with Gasteiger partial charge in [0, 0.05) is 11.6 Å². The van der Waals surface area contributed by atoms with E-state index in [1.807, 2.05) is 0 Å². The summed E-state index contributed by atoms with van der Waals surface area (Å²) < 4.78 is 27.7. The second-order valence-corrected chi connectivity index (χ2v) is 4.94. The largest absolute Gasteiger partial charge is 0.356 e. The zero-order valence-electron chi connectivity index (χ0n) is 7.92. The molecule has 0 aliphatic heterocycles. The molecule has 0 saturated heterocycles. The molecule has 5 nitrogen and oxygen atoms in total. The Kier molecular flexibility index (Phi) is 2.71. The molecular weight excluding hydrogens is 252 g/mol. The Morgan fingerprint density at radius 2 is 2.06 bits per heavy atom. The van der Waals surface area contributed by atoms with Crippen LogP contribution in [0.25, 0.3) is 11.3 Å². The molecule has 1 aromatic carbocycles. The first-order valence-corrected chi connectivity index (χ1v) is 6.15. The SMILES string of the molecule is NS(=O)(=O)c1c(Cl)cccc1-c1ccno1. The zero-order chi connectivity index (χ0) is 11.8. The summed E-state index contributed by atoms with van der Waals surface area (Å²) in [6, 6.07) is 6.13. The van der Waals surface area contributed by atoms with Crippen molar-refractivity contribution in [2.24, 2.45) is 5.14 Å². The maximum absolute atomic E-state index is 11.4. The van der Waals surface area contributed by atoms with E-state index in [1.165, 1.54) is 18.3 Å². The second-order valence-electron chi connectivity index (χ2n) is 3.04. The van der Waals surface area contributed by atoms with Gasteiger partial charge in [0.05, 0.1) is 11.2 Å². The molecule has 0 aliphatic rings. The van der Waals surface area contributed by atoms with Gasteiger partial charge in [-0.2, -0.15) is 0 Å². The van der Waals surface area contributed by atoms with Gasteiger partial charge in [0.2, 0.25) is 10.0 Å². The Morgan fingerprint density at radius 1 is 1.31 bits per heavy atom. The number of hydrogen-bond acceptors (Lipinski definition) is 4. The molecule has 0 spiro atoms. The molecule has 0 atom stereocenters. The normalized spacial score (nSPS) is 11.6. The van der Waals surface area contributed by atoms with Crippen molar-refractivity contribution in [2.75, 3.05) is 0 Å². The van der Waals surface area contributed by atoms with Crippen LogP contribution in [0.5, 0.6) is 0 Å². The van der Waals surface area contributed by atoms with Gasteiger partial charge in [0.25, 0.3) is 0 Å². The molecule has 7 heteroatoms. The number of halogens is 1. The van der Waals surface area contributed by atoms with Gasteiger partial charge in [-0.15, -0.1) is 0 Å². The van der Waals surface area contributed by atoms with Crippen molar-refractivity contribution >= 4 is 21.6 Å². The molecule has 0 aliphatic carbocycles. The van der Waals surface area contributed by atoms with Gasteiger partial charge >= 0.3 is 0 Å². The van der Waals surface area contributed by atoms with Crippen LogP contribution in [0.3, 0.4) is 0 Å². The minimum atomic E-state index is -3.91. The van der Waals surface area contributed by atoms with Crippen molar-refractivity contribution < 1.29 is 12.9 Å². The number of sulfonamides is 1. The number of benzene rings is 1. The molecule has 16 heavy (non-hydrogen) atoms. The number of nitrogens with zero attached hydrogens (tertiary/aromatic N) is 1. The Labute approximate surface area is 96.9 Å². The van der Waals surface area contributed by atoms with Crippen molar-refractivity contribution in [2.45, 2.75) is 4.90 Å². The first kappa shape index (κ1) is 11.1. The standard InChI is InChI=1S/C9H7ClN2O3S/c10-7-3-1-2-6(8-4-5-12-15-8)9(7)16(11,13)14/h1-5H,(H2,11,13,14). The first-order valence-electron chi connectivity index (χ1n) is 4.22. The average Bonchev–Trinajstić information content (AvgIpc) is 2.67. The lowest BCUT2D eigenvalue weighted by molar-refractivity contribution is 0.431. The van der Waals surface area contributed by atoms with E-state index in [4.69, 9.17) is 21.3 Å². The van der Waals surface area contributed by atoms with E-state index in [1.54, 1.807) is 12.1 Å². The van der Waals surface area contributed by atoms with Crippen LogP contribution in [0.4, 0.5) is 0 Å². The number of rotatable bonds is 2. The van der Waals surface area contributed by atoms with Crippen LogP contribution < -0.4 is 5.14 Å². The number of aromatic nitrogens is 1. The highest BCUT2D eigenvalue weighted by atomic mass is 35.5. The average molecular weight is 259 g/mol. The van der Waals surface area contributed by atoms with Crippen LogP contribution in [-0.2, 0) is 10.0 Å². The second kappa shape index (κ2) is 3.89. The van der Waals surface area contributed by atoms with Gasteiger partial charge in [0.1, 0.15) is 4.90 Å². The molecule has 0 fully saturated rings. The molecule has 84 valence electrons. The van der Waals surface area contributed by atoms with E-state index in [9.17, 15) is 8.42 Å². The van der Waals surface area contributed by atoms with Crippen molar-refractivity contribution in [3.63, 3.8) is 0 Å². The van der Waals surface area contributed by atoms with Gasteiger partial charge < -0.3 is 4.52 Å². The van der Waals surface area contributed by atoms with E-state index in [-0.39, 0.29) is 9.92 Å². The highest BCUT2D eigenvalue weighted by Crippen LogP contribution is 2.31. The molecule has 2 N–H and O–H groups in total. The predicted octanol–water partition coefficient (Wildman–Crippen LogP) is 1.64. The van der Waals surface area contributed by atoms with E-state index >= 15 is 0 Å². The van der Waals surface area contributed by atoms with Crippen molar-refractivity contribution in [1.82, 2.24) is 5.16 Å². The summed E-state index contributed by atoms with van der Waals surface area (Å²) in [6.07, 6.45) is 1.41. The van der Waals surface area contributed by atoms with E-state index in [0.29, 0.717) is 11.3 Å². The fourth-order valence-electron chi connectivity index (χ4n) is 1.35. The van der Waals surface area contributed by atoms with Gasteiger partial charge in [0.15, 0.2) is 5.76 Å². The molecule has 0 unspecified atom stereocenters. The third-order valence-electron chi connectivity index (χ3n) is 1.95. The number of nitrogens with two attached hydrogens (primary N) is 1. The molecule has 0 amide bonds. The summed E-state index contributed by atoms with van der Waals surface area (Å²) in [4.78, 5) is -0.159. The zero-order valence-corrected chi connectivity index (χ0v) is 9.49. The lowest BCUT2D eigenvalue weighted by Gasteiger charge is -2.06. The molecule has 1 heterocycles. The molecule has 1 aromatic heterocycles. The summed E-state index contributed by atoms with van der Waals surface area (Å²) in [6.45, 7) is 0. The van der Waals surface area contributed by atoms with Gasteiger partial charge in [-0.25, -0.2) is 13.6 Å². The van der Waals surface area contributed by atoms with Crippen molar-refractivity contribution in [3.05, 3.63) is 35.5 Å². The monoisotopic (exact) mass is 258 g/mol. The van der Waals surface area contributed by atoms with Crippen LogP contribution in [0.15, 0.2) is 39.9 Å². The predicted molar refractivity (Wildman–Crippen MR) is 58.3 cm³/mol. The smallest absolute Gasteiger partial charge is 0.240 e. The Bertz CT molecular complexity index is 608. The highest BCUT2D eigenvalue weighted by molar-refractivity contribution is 7.89. The van der Waals surface area contributed by atoms with Gasteiger partial charge in [-0.3, -0.25) is 0 Å². The molecule has 0 saturated carbocycles. The van der Waals surface area contributed by atoms with Crippen LogP contribution >= 0.6 is 11.6 Å². The van der Waals surface area contributed by atoms with Crippen molar-refractivity contribution in [3.8, 4) is 11.3 Å². The topological polar surface area (TPSA) is 86.2 Å². The summed E-state index contributed by atoms with van der Waals surface area (Å²) in [5, 5.41) is 8.64. The van der Waals surface area contributed by atoms with Crippen LogP contribution in [0.1, 0.15) is 0 Å². The van der Waals surface area contributed by atoms with Gasteiger partial charge in [-0.05, 0) is 12.1 Å². The van der Waals surface area contributed by atoms with Gasteiger partial charge in [-0.1, -0.05) is 22.8 Å². The molecule has 2 aromatic rings. The quantitative estimate of drug-likeness (QED) is 0.887. The third-order valence-corrected chi connectivity index (χ3v) is 3.39. The van der Waals surface area contributed by atoms with Crippen LogP contribution in [-0.4, -0.2) is 13.6 Å². The number of hydrogen-bond donors (Lipinski definition) is 1. The Hall–Kier alpha value is -1.37. The third kappa shape index (κ3) is 1.95. The highest BCUT2D eigenvalue weighted by Gasteiger charge is 2.20. The maximum Gasteiger partial charge on any atom is 0.240 e. The molecular formula is C9H7ClN2O3S. The minimum Gasteiger partial charge on any atom is -0.356 e. The first-order chi connectivity index (χ1) is 7.50. The summed E-state index contributed by atoms with van der Waals surface area (Å²) in [5.41, 5.74) is 0.299. The maximum atomic E-state index is 11.4. The summed E-state index contributed by atoms with van der Waals surface area (Å²) in [5.74, 6) is 0.298. The van der Waals surface area contributed by atoms with E-state index in [0.717, 1.165) is 0 Å². The molecule has 2 rings (SSSR count). The van der Waals surface area contributed by atoms with Crippen LogP contribution in [0, 0.1) is 0 Å². The molecule has 0 bridgehead atoms. The number of primary sulfonamides is 1. The van der Waals surface area contributed by atoms with E-state index < -0.39 is 10.0 Å². The minimum absolute atomic E-state index is 0.0522. The molecule has 0 radical (unpaired) electrons. The summed E-state index contributed by atoms with van der Waals surface area (Å²) in [7, 11) is -3.91. The Balaban J connectivity index is 2.77. The van der Waals surface area contributed by atoms with Crippen molar-refractivity contribution in [1.29, 1.82) is 0 Å². The van der Waals surface area contributed by atoms with E-state index in [2.05, 4.69) is 5.16 Å². The fourth-order valence-corrected chi connectivity index (χ4v) is 2.66.